The van der Waals surface area contributed by atoms with E-state index in [4.69, 9.17) is 9.72 Å². The summed E-state index contributed by atoms with van der Waals surface area (Å²) in [5, 5.41) is 0. The Labute approximate surface area is 194 Å². The molecule has 0 aliphatic carbocycles. The van der Waals surface area contributed by atoms with E-state index in [0.29, 0.717) is 24.6 Å². The monoisotopic (exact) mass is 439 g/mol. The second-order valence-corrected chi connectivity index (χ2v) is 9.02. The zero-order valence-corrected chi connectivity index (χ0v) is 19.4. The Balaban J connectivity index is 1.50. The lowest BCUT2D eigenvalue weighted by molar-refractivity contribution is -0.117. The fraction of sp³-hybridized carbons (Fsp3) is 0.286. The van der Waals surface area contributed by atoms with Crippen LogP contribution in [-0.4, -0.2) is 29.1 Å². The van der Waals surface area contributed by atoms with E-state index in [2.05, 4.69) is 48.7 Å². The molecular weight excluding hydrogens is 410 g/mol. The second-order valence-electron chi connectivity index (χ2n) is 9.02. The molecule has 168 valence electrons. The maximum Gasteiger partial charge on any atom is 0.227 e. The first kappa shape index (κ1) is 21.3. The van der Waals surface area contributed by atoms with Crippen LogP contribution in [0.15, 0.2) is 72.8 Å². The summed E-state index contributed by atoms with van der Waals surface area (Å²) in [7, 11) is 1.64. The first-order valence-electron chi connectivity index (χ1n) is 11.5. The number of hydrogen-bond acceptors (Lipinski definition) is 3. The van der Waals surface area contributed by atoms with Crippen LogP contribution in [0.4, 0.5) is 5.69 Å². The van der Waals surface area contributed by atoms with E-state index < -0.39 is 0 Å². The van der Waals surface area contributed by atoms with Crippen molar-refractivity contribution in [3.63, 3.8) is 0 Å². The number of rotatable bonds is 6. The van der Waals surface area contributed by atoms with Gasteiger partial charge in [-0.25, -0.2) is 4.98 Å². The number of methoxy groups -OCH3 is 1. The van der Waals surface area contributed by atoms with Crippen LogP contribution in [0.5, 0.6) is 5.75 Å². The Morgan fingerprint density at radius 2 is 1.73 bits per heavy atom. The van der Waals surface area contributed by atoms with Crippen LogP contribution in [-0.2, 0) is 11.3 Å². The fourth-order valence-electron chi connectivity index (χ4n) is 4.73. The Morgan fingerprint density at radius 1 is 1.00 bits per heavy atom. The van der Waals surface area contributed by atoms with Crippen molar-refractivity contribution in [1.29, 1.82) is 0 Å². The molecule has 0 bridgehead atoms. The van der Waals surface area contributed by atoms with Crippen molar-refractivity contribution in [2.45, 2.75) is 38.6 Å². The lowest BCUT2D eigenvalue weighted by atomic mass is 10.0. The molecule has 1 amide bonds. The van der Waals surface area contributed by atoms with Gasteiger partial charge in [-0.3, -0.25) is 4.79 Å². The van der Waals surface area contributed by atoms with Gasteiger partial charge in [0.05, 0.1) is 23.8 Å². The van der Waals surface area contributed by atoms with E-state index in [1.165, 1.54) is 11.1 Å². The zero-order chi connectivity index (χ0) is 22.9. The van der Waals surface area contributed by atoms with Gasteiger partial charge in [0, 0.05) is 25.4 Å². The molecule has 2 heterocycles. The fourth-order valence-corrected chi connectivity index (χ4v) is 4.73. The van der Waals surface area contributed by atoms with Gasteiger partial charge in [-0.1, -0.05) is 62.4 Å². The summed E-state index contributed by atoms with van der Waals surface area (Å²) in [5.41, 5.74) is 5.45. The molecule has 1 aromatic heterocycles. The van der Waals surface area contributed by atoms with Gasteiger partial charge in [0.15, 0.2) is 0 Å². The van der Waals surface area contributed by atoms with Crippen LogP contribution in [0, 0.1) is 0 Å². The molecule has 1 fully saturated rings. The van der Waals surface area contributed by atoms with Crippen LogP contribution >= 0.6 is 0 Å². The van der Waals surface area contributed by atoms with Crippen molar-refractivity contribution in [3.8, 4) is 5.75 Å². The number of amides is 1. The van der Waals surface area contributed by atoms with Gasteiger partial charge in [-0.05, 0) is 41.3 Å². The quantitative estimate of drug-likeness (QED) is 0.385. The molecule has 0 spiro atoms. The maximum absolute atomic E-state index is 13.0. The van der Waals surface area contributed by atoms with Crippen LogP contribution in [0.25, 0.3) is 11.0 Å². The van der Waals surface area contributed by atoms with Crippen LogP contribution in [0.1, 0.15) is 49.1 Å². The summed E-state index contributed by atoms with van der Waals surface area (Å²) >= 11 is 0. The van der Waals surface area contributed by atoms with Crippen molar-refractivity contribution < 1.29 is 9.53 Å². The predicted octanol–water partition coefficient (Wildman–Crippen LogP) is 5.74. The highest BCUT2D eigenvalue weighted by molar-refractivity contribution is 5.97. The van der Waals surface area contributed by atoms with Crippen LogP contribution < -0.4 is 9.64 Å². The molecule has 1 unspecified atom stereocenters. The number of aromatic nitrogens is 2. The molecule has 3 aromatic carbocycles. The number of nitrogens with zero attached hydrogens (tertiary/aromatic N) is 3. The van der Waals surface area contributed by atoms with Gasteiger partial charge >= 0.3 is 0 Å². The van der Waals surface area contributed by atoms with Gasteiger partial charge in [-0.2, -0.15) is 0 Å². The summed E-state index contributed by atoms with van der Waals surface area (Å²) in [5.74, 6) is 2.31. The number of fused-ring (bicyclic) bond motifs is 1. The van der Waals surface area contributed by atoms with Gasteiger partial charge in [0.2, 0.25) is 5.91 Å². The number of carbonyl (C=O) groups is 1. The van der Waals surface area contributed by atoms with Crippen LogP contribution in [0.2, 0.25) is 0 Å². The van der Waals surface area contributed by atoms with Crippen molar-refractivity contribution >= 4 is 22.6 Å². The van der Waals surface area contributed by atoms with E-state index in [-0.39, 0.29) is 11.8 Å². The SMILES string of the molecule is COc1ccccc1N1CC(c2nc3ccccc3n2Cc2ccc(C(C)C)cc2)CC1=O. The molecule has 5 heteroatoms. The normalized spacial score (nSPS) is 16.2. The Hall–Kier alpha value is -3.60. The van der Waals surface area contributed by atoms with E-state index in [1.807, 2.05) is 47.4 Å². The lowest BCUT2D eigenvalue weighted by Gasteiger charge is -2.20. The average Bonchev–Trinajstić information content (AvgIpc) is 3.40. The standard InChI is InChI=1S/C28H29N3O2/c1-19(2)21-14-12-20(13-15-21)17-31-24-9-5-4-8-23(24)29-28(31)22-16-27(32)30(18-22)25-10-6-7-11-26(25)33-3/h4-15,19,22H,16-18H2,1-3H3. The number of benzene rings is 3. The first-order chi connectivity index (χ1) is 16.0. The van der Waals surface area contributed by atoms with Gasteiger partial charge in [0.1, 0.15) is 11.6 Å². The summed E-state index contributed by atoms with van der Waals surface area (Å²) < 4.78 is 7.79. The predicted molar refractivity (Wildman–Crippen MR) is 132 cm³/mol. The second kappa shape index (κ2) is 8.74. The third-order valence-corrected chi connectivity index (χ3v) is 6.54. The molecule has 5 nitrogen and oxygen atoms in total. The summed E-state index contributed by atoms with van der Waals surface area (Å²) in [6.45, 7) is 5.74. The minimum Gasteiger partial charge on any atom is -0.495 e. The maximum atomic E-state index is 13.0. The van der Waals surface area contributed by atoms with Crippen molar-refractivity contribution in [3.05, 3.63) is 89.7 Å². The molecule has 1 aliphatic rings. The number of ether oxygens (including phenoxy) is 1. The minimum atomic E-state index is 0.0183. The smallest absolute Gasteiger partial charge is 0.227 e. The van der Waals surface area contributed by atoms with E-state index in [0.717, 1.165) is 29.1 Å². The number of carbonyl (C=O) groups excluding carboxylic acids is 1. The first-order valence-corrected chi connectivity index (χ1v) is 11.5. The van der Waals surface area contributed by atoms with Gasteiger partial charge in [0.25, 0.3) is 0 Å². The summed E-state index contributed by atoms with van der Waals surface area (Å²) in [4.78, 5) is 19.9. The molecule has 4 aromatic rings. The molecule has 0 saturated carbocycles. The van der Waals surface area contributed by atoms with Gasteiger partial charge < -0.3 is 14.2 Å². The summed E-state index contributed by atoms with van der Waals surface area (Å²) in [6.07, 6.45) is 0.438. The largest absolute Gasteiger partial charge is 0.495 e. The van der Waals surface area contributed by atoms with E-state index in [1.54, 1.807) is 7.11 Å². The van der Waals surface area contributed by atoms with Crippen LogP contribution in [0.3, 0.4) is 0 Å². The Bertz CT molecular complexity index is 1290. The third-order valence-electron chi connectivity index (χ3n) is 6.54. The average molecular weight is 440 g/mol. The molecule has 33 heavy (non-hydrogen) atoms. The number of anilines is 1. The highest BCUT2D eigenvalue weighted by Gasteiger charge is 2.36. The topological polar surface area (TPSA) is 47.4 Å². The minimum absolute atomic E-state index is 0.0183. The van der Waals surface area contributed by atoms with E-state index in [9.17, 15) is 4.79 Å². The third kappa shape index (κ3) is 3.99. The van der Waals surface area contributed by atoms with E-state index >= 15 is 0 Å². The highest BCUT2D eigenvalue weighted by atomic mass is 16.5. The number of para-hydroxylation sites is 4. The molecule has 1 saturated heterocycles. The molecule has 1 atom stereocenters. The molecule has 0 radical (unpaired) electrons. The zero-order valence-electron chi connectivity index (χ0n) is 19.4. The Kier molecular flexibility index (Phi) is 5.63. The van der Waals surface area contributed by atoms with Crippen molar-refractivity contribution in [2.24, 2.45) is 0 Å². The molecular formula is C28H29N3O2. The molecule has 0 N–H and O–H groups in total. The molecule has 1 aliphatic heterocycles. The highest BCUT2D eigenvalue weighted by Crippen LogP contribution is 2.37. The van der Waals surface area contributed by atoms with Gasteiger partial charge in [-0.15, -0.1) is 0 Å². The lowest BCUT2D eigenvalue weighted by Crippen LogP contribution is -2.25. The van der Waals surface area contributed by atoms with Crippen molar-refractivity contribution in [2.75, 3.05) is 18.6 Å². The number of hydrogen-bond donors (Lipinski definition) is 0. The summed E-state index contributed by atoms with van der Waals surface area (Å²) in [6, 6.07) is 24.7. The van der Waals surface area contributed by atoms with Crippen molar-refractivity contribution in [1.82, 2.24) is 9.55 Å². The Morgan fingerprint density at radius 3 is 2.48 bits per heavy atom. The molecule has 5 rings (SSSR count). The number of imidazole rings is 1.